The first-order chi connectivity index (χ1) is 0. The summed E-state index contributed by atoms with van der Waals surface area (Å²) in [5.41, 5.74) is 0. The maximum atomic E-state index is 0. The molecule has 0 amide bonds. The summed E-state index contributed by atoms with van der Waals surface area (Å²) >= 11 is 0. The fraction of sp³-hybridized carbons (Fsp3) is 0. The third-order valence-corrected chi connectivity index (χ3v) is 0. The Bertz CT molecular complexity index is 0. The predicted molar refractivity (Wildman–Crippen MR) is 81.2 cm³/mol. The minimum Gasteiger partial charge on any atom is -2.00 e. The van der Waals surface area contributed by atoms with E-state index in [1.54, 1.807) is 0 Å². The normalized spacial score (nSPS) is 0. The molecule has 64 valence electrons. The number of hydrogen-bond acceptors (Lipinski definition) is 0. The molecular weight excluding hydrogens is 257 g/mol. The lowest BCUT2D eigenvalue weighted by molar-refractivity contribution is 7.36. The summed E-state index contributed by atoms with van der Waals surface area (Å²) in [6.45, 7) is 0. The summed E-state index contributed by atoms with van der Waals surface area (Å²) in [4.78, 5) is 0. The molecule has 0 heterocycles. The summed E-state index contributed by atoms with van der Waals surface area (Å²) in [6, 6.07) is 0. The molecule has 0 spiro atoms. The lowest BCUT2D eigenvalue weighted by Crippen LogP contribution is -0.00340. The second-order valence-electron chi connectivity index (χ2n) is 0. The molecule has 8 heavy (non-hydrogen) atoms. The molecule has 0 aromatic heterocycles. The molecule has 0 atom stereocenters. The lowest BCUT2D eigenvalue weighted by atomic mass is 32.1. The molecule has 0 saturated carbocycles. The molecule has 0 aromatic rings. The van der Waals surface area contributed by atoms with Gasteiger partial charge in [0, 0.05) is 0 Å². The molecule has 8 heteroatoms. The number of rotatable bonds is 0. The van der Waals surface area contributed by atoms with E-state index < -0.39 is 0 Å². The minimum absolute atomic E-state index is 0. The highest BCUT2D eigenvalue weighted by Crippen LogP contribution is 0.00460. The van der Waals surface area contributed by atoms with Gasteiger partial charge in [0.1, 0.15) is 0 Å². The van der Waals surface area contributed by atoms with Gasteiger partial charge in [-0.15, -0.1) is 0 Å². The molecule has 0 bridgehead atoms. The van der Waals surface area contributed by atoms with Crippen LogP contribution >= 0.6 is 0 Å². The quantitative estimate of drug-likeness (QED) is 0.419. The van der Waals surface area contributed by atoms with Crippen molar-refractivity contribution in [3.05, 3.63) is 0 Å². The highest BCUT2D eigenvalue weighted by Gasteiger charge is -0.207. The predicted octanol–water partition coefficient (Wildman–Crippen LogP) is -4.30. The van der Waals surface area contributed by atoms with E-state index >= 15 is 0 Å². The third kappa shape index (κ3) is 68.3. The van der Waals surface area contributed by atoms with E-state index in [4.69, 9.17) is 0 Å². The van der Waals surface area contributed by atoms with Gasteiger partial charge in [-0.3, -0.25) is 0 Å². The monoisotopic (exact) mass is 272 g/mol. The van der Waals surface area contributed by atoms with Crippen molar-refractivity contribution < 1.29 is 0 Å². The van der Waals surface area contributed by atoms with Crippen LogP contribution in [0.3, 0.4) is 0 Å². The Morgan fingerprint density at radius 1 is 0.250 bits per heavy atom. The van der Waals surface area contributed by atoms with Gasteiger partial charge < -0.3 is 54.0 Å². The van der Waals surface area contributed by atoms with Crippen molar-refractivity contribution in [3.8, 4) is 0 Å². The minimum atomic E-state index is 0. The van der Waals surface area contributed by atoms with Gasteiger partial charge in [-0.05, 0) is 0 Å². The topological polar surface area (TPSA) is 0 Å². The van der Waals surface area contributed by atoms with Crippen molar-refractivity contribution in [2.45, 2.75) is 0 Å². The Morgan fingerprint density at radius 2 is 0.250 bits per heavy atom. The first-order valence-electron chi connectivity index (χ1n) is 0. The van der Waals surface area contributed by atoms with Crippen LogP contribution in [0.1, 0.15) is 0 Å². The molecule has 0 aromatic carbocycles. The molecule has 0 rings (SSSR count). The zero-order chi connectivity index (χ0) is 0. The lowest BCUT2D eigenvalue weighted by Gasteiger charge is -2.00. The van der Waals surface area contributed by atoms with E-state index in [1.165, 1.54) is 0 Å². The van der Waals surface area contributed by atoms with Gasteiger partial charge in [0.05, 0.1) is 0 Å². The van der Waals surface area contributed by atoms with Crippen LogP contribution in [0.2, 0.25) is 0 Å². The molecule has 0 aliphatic rings. The molecule has 0 nitrogen and oxygen atoms in total. The Hall–Kier alpha value is 2.80. The van der Waals surface area contributed by atoms with E-state index in [-0.39, 0.29) is 108 Å². The van der Waals surface area contributed by atoms with Crippen LogP contribution in [0.4, 0.5) is 0 Å². The van der Waals surface area contributed by atoms with Gasteiger partial charge in [0.15, 0.2) is 0 Å². The molecule has 0 aliphatic carbocycles. The molecule has 0 fully saturated rings. The zero-order valence-electron chi connectivity index (χ0n) is 4.46. The molecule has 0 N–H and O–H groups in total. The molecule has 0 saturated heterocycles. The van der Waals surface area contributed by atoms with Gasteiger partial charge in [-0.25, -0.2) is 54.0 Å². The average Bonchev–Trinajstić information content (AvgIpc) is 0. The highest BCUT2D eigenvalue weighted by atomic mass is 32.1. The summed E-state index contributed by atoms with van der Waals surface area (Å²) in [5, 5.41) is 0. The summed E-state index contributed by atoms with van der Waals surface area (Å²) in [6.07, 6.45) is 0. The Kier molecular flexibility index (Phi) is 1600. The number of hydrogen-bond donors (Lipinski definition) is 0. The maximum Gasteiger partial charge on any atom is -0.210 e. The Balaban J connectivity index is 0. The van der Waals surface area contributed by atoms with E-state index in [1.807, 2.05) is 0 Å². The van der Waals surface area contributed by atoms with Crippen LogP contribution in [-0.2, 0) is 108 Å². The van der Waals surface area contributed by atoms with Crippen molar-refractivity contribution in [1.82, 2.24) is 0 Å². The Morgan fingerprint density at radius 3 is 0.250 bits per heavy atom. The Labute approximate surface area is 107 Å². The molecule has 0 radical (unpaired) electrons. The summed E-state index contributed by atoms with van der Waals surface area (Å²) < 4.78 is 0. The zero-order valence-corrected chi connectivity index (χ0v) is 13.4. The largest absolute Gasteiger partial charge is 2.00 e. The second-order valence-corrected chi connectivity index (χ2v) is 0. The molecule has 0 aliphatic heterocycles. The third-order valence-electron chi connectivity index (χ3n) is 0. The van der Waals surface area contributed by atoms with Crippen LogP contribution < -0.4 is 0 Å². The van der Waals surface area contributed by atoms with Crippen molar-refractivity contribution in [1.29, 1.82) is 0 Å². The van der Waals surface area contributed by atoms with Gasteiger partial charge in [-0.1, -0.05) is 0 Å². The smallest absolute Gasteiger partial charge is 0.210 e. The van der Waals surface area contributed by atoms with Crippen LogP contribution in [0.5, 0.6) is 0 Å². The molecular formula is H16S8. The first kappa shape index (κ1) is 132. The van der Waals surface area contributed by atoms with Crippen molar-refractivity contribution in [3.63, 3.8) is 0 Å². The van der Waals surface area contributed by atoms with Crippen molar-refractivity contribution in [2.75, 3.05) is 0 Å². The SMILES string of the molecule is [S-2].[S-2].[S-2].[S-2].[SH4+2].[SH4+2].[SH4+2].[SH4+2]. The van der Waals surface area contributed by atoms with Crippen molar-refractivity contribution in [2.24, 2.45) is 0 Å². The van der Waals surface area contributed by atoms with E-state index in [0.29, 0.717) is 0 Å². The van der Waals surface area contributed by atoms with Gasteiger partial charge in [-0.2, -0.15) is 0 Å². The standard InChI is InChI=1S/4H4S.4S/h4*1H4;;;;/q4*+2;4*-2. The fourth-order valence-electron chi connectivity index (χ4n) is 0. The second kappa shape index (κ2) is 96.8. The van der Waals surface area contributed by atoms with Crippen molar-refractivity contribution >= 4 is 108 Å². The van der Waals surface area contributed by atoms with E-state index in [2.05, 4.69) is 0 Å². The maximum absolute atomic E-state index is 0. The van der Waals surface area contributed by atoms with Crippen LogP contribution in [0.15, 0.2) is 0 Å². The van der Waals surface area contributed by atoms with E-state index in [9.17, 15) is 0 Å². The highest BCUT2D eigenvalue weighted by molar-refractivity contribution is 7.37. The van der Waals surface area contributed by atoms with E-state index in [0.717, 1.165) is 0 Å². The first-order valence-corrected chi connectivity index (χ1v) is 0. The fourth-order valence-corrected chi connectivity index (χ4v) is 0. The summed E-state index contributed by atoms with van der Waals surface area (Å²) in [7, 11) is 0. The van der Waals surface area contributed by atoms with Crippen LogP contribution in [0.25, 0.3) is 0 Å². The van der Waals surface area contributed by atoms with Crippen LogP contribution in [0, 0.1) is 0 Å². The van der Waals surface area contributed by atoms with Gasteiger partial charge >= 0.3 is 0 Å². The molecule has 0 unspecified atom stereocenters. The van der Waals surface area contributed by atoms with Gasteiger partial charge in [0.2, 0.25) is 0 Å². The summed E-state index contributed by atoms with van der Waals surface area (Å²) in [5.74, 6) is 0. The average molecular weight is 273 g/mol. The van der Waals surface area contributed by atoms with Gasteiger partial charge in [0.25, 0.3) is 0 Å². The van der Waals surface area contributed by atoms with Crippen LogP contribution in [-0.4, -0.2) is 0 Å².